The minimum Gasteiger partial charge on any atom is -0.507 e. The van der Waals surface area contributed by atoms with Gasteiger partial charge < -0.3 is 34.6 Å². The second kappa shape index (κ2) is 16.2. The monoisotopic (exact) mass is 683 g/mol. The lowest BCUT2D eigenvalue weighted by molar-refractivity contribution is -0.121. The lowest BCUT2D eigenvalue weighted by Gasteiger charge is -2.23. The zero-order valence-electron chi connectivity index (χ0n) is 28.1. The van der Waals surface area contributed by atoms with Gasteiger partial charge in [0.2, 0.25) is 5.91 Å². The maximum Gasteiger partial charge on any atom is 0.342 e. The van der Waals surface area contributed by atoms with Crippen LogP contribution in [-0.2, 0) is 20.9 Å². The van der Waals surface area contributed by atoms with Crippen molar-refractivity contribution in [1.29, 1.82) is 0 Å². The van der Waals surface area contributed by atoms with E-state index in [2.05, 4.69) is 10.3 Å². The second-order valence-electron chi connectivity index (χ2n) is 12.4. The van der Waals surface area contributed by atoms with Crippen LogP contribution in [0.1, 0.15) is 84.8 Å². The van der Waals surface area contributed by atoms with Crippen molar-refractivity contribution in [2.24, 2.45) is 0 Å². The third-order valence-corrected chi connectivity index (χ3v) is 8.85. The molecular weight excluding hydrogens is 642 g/mol. The summed E-state index contributed by atoms with van der Waals surface area (Å²) in [5.41, 5.74) is 0.0569. The fourth-order valence-corrected chi connectivity index (χ4v) is 6.25. The molecule has 12 nitrogen and oxygen atoms in total. The summed E-state index contributed by atoms with van der Waals surface area (Å²) in [6.07, 6.45) is 5.61. The standard InChI is InChI=1S/C38H41N3O9/c1-23-9-8-12-26(42)11-5-3-4-10-25-21-31(43)34(35(45)33(25)38(48)50-23)28(24-15-17-27(49-2)18-16-24)22-32(44)39-19-20-41-30-14-7-6-13-29(30)40-36(46)37(41)47/h4,6-7,10,13-18,21,23,28,43,45H,3,5,8-9,11-12,19-20,22H2,1-2H3,(H,39,44)(H,40,46). The number of phenolic OH excluding ortho intramolecular Hbond substituents is 2. The van der Waals surface area contributed by atoms with Crippen LogP contribution in [0.2, 0.25) is 0 Å². The molecule has 2 unspecified atom stereocenters. The molecule has 0 aliphatic carbocycles. The van der Waals surface area contributed by atoms with Gasteiger partial charge in [-0.3, -0.25) is 19.2 Å². The Bertz CT molecular complexity index is 2030. The van der Waals surface area contributed by atoms with Crippen LogP contribution in [0.25, 0.3) is 17.1 Å². The van der Waals surface area contributed by atoms with Crippen LogP contribution < -0.4 is 21.2 Å². The number of benzene rings is 3. The van der Waals surface area contributed by atoms with Crippen molar-refractivity contribution in [1.82, 2.24) is 14.9 Å². The number of methoxy groups -OCH3 is 1. The molecule has 0 radical (unpaired) electrons. The number of cyclic esters (lactones) is 1. The molecule has 0 spiro atoms. The Labute approximate surface area is 288 Å². The third-order valence-electron chi connectivity index (χ3n) is 8.85. The van der Waals surface area contributed by atoms with Gasteiger partial charge >= 0.3 is 17.1 Å². The van der Waals surface area contributed by atoms with E-state index in [0.29, 0.717) is 60.9 Å². The average Bonchev–Trinajstić information content (AvgIpc) is 3.08. The van der Waals surface area contributed by atoms with Crippen LogP contribution in [0, 0.1) is 0 Å². The number of hydrogen-bond acceptors (Lipinski definition) is 9. The molecule has 50 heavy (non-hydrogen) atoms. The zero-order chi connectivity index (χ0) is 35.8. The number of esters is 1. The summed E-state index contributed by atoms with van der Waals surface area (Å²) in [5, 5.41) is 26.0. The first-order chi connectivity index (χ1) is 24.1. The van der Waals surface area contributed by atoms with Crippen LogP contribution in [0.5, 0.6) is 17.2 Å². The molecule has 0 bridgehead atoms. The summed E-state index contributed by atoms with van der Waals surface area (Å²) in [4.78, 5) is 66.7. The molecule has 5 rings (SSSR count). The van der Waals surface area contributed by atoms with Crippen LogP contribution in [0.4, 0.5) is 0 Å². The van der Waals surface area contributed by atoms with E-state index in [1.165, 1.54) is 17.7 Å². The first-order valence-corrected chi connectivity index (χ1v) is 16.7. The lowest BCUT2D eigenvalue weighted by atomic mass is 9.84. The predicted molar refractivity (Wildman–Crippen MR) is 188 cm³/mol. The van der Waals surface area contributed by atoms with E-state index < -0.39 is 40.8 Å². The van der Waals surface area contributed by atoms with Crippen molar-refractivity contribution in [2.75, 3.05) is 13.7 Å². The number of nitrogens with one attached hydrogen (secondary N) is 2. The van der Waals surface area contributed by atoms with Crippen molar-refractivity contribution in [3.63, 3.8) is 0 Å². The Kier molecular flexibility index (Phi) is 11.5. The summed E-state index contributed by atoms with van der Waals surface area (Å²) in [7, 11) is 1.51. The number of aromatic nitrogens is 2. The van der Waals surface area contributed by atoms with Crippen molar-refractivity contribution in [3.05, 3.63) is 104 Å². The first-order valence-electron chi connectivity index (χ1n) is 16.7. The molecule has 1 aliphatic rings. The number of carbonyl (C=O) groups excluding carboxylic acids is 3. The number of para-hydroxylation sites is 2. The van der Waals surface area contributed by atoms with Gasteiger partial charge in [0.1, 0.15) is 28.6 Å². The van der Waals surface area contributed by atoms with Crippen LogP contribution in [0.3, 0.4) is 0 Å². The van der Waals surface area contributed by atoms with Gasteiger partial charge in [-0.2, -0.15) is 0 Å². The number of carbonyl (C=O) groups is 3. The fourth-order valence-electron chi connectivity index (χ4n) is 6.25. The normalized spacial score (nSPS) is 16.2. The number of nitrogens with zero attached hydrogens (tertiary/aromatic N) is 1. The lowest BCUT2D eigenvalue weighted by Crippen LogP contribution is -2.39. The summed E-state index contributed by atoms with van der Waals surface area (Å²) in [5.74, 6) is -2.35. The van der Waals surface area contributed by atoms with E-state index in [1.54, 1.807) is 67.6 Å². The van der Waals surface area contributed by atoms with Gasteiger partial charge in [0, 0.05) is 43.8 Å². The van der Waals surface area contributed by atoms with E-state index >= 15 is 0 Å². The number of fused-ring (bicyclic) bond motifs is 2. The molecule has 0 fully saturated rings. The highest BCUT2D eigenvalue weighted by Gasteiger charge is 2.31. The third kappa shape index (κ3) is 8.31. The number of aromatic amines is 1. The van der Waals surface area contributed by atoms with Gasteiger partial charge in [0.05, 0.1) is 24.2 Å². The maximum absolute atomic E-state index is 13.6. The highest BCUT2D eigenvalue weighted by molar-refractivity contribution is 5.98. The van der Waals surface area contributed by atoms with E-state index in [-0.39, 0.29) is 47.7 Å². The fraction of sp³-hybridized carbons (Fsp3) is 0.342. The Morgan fingerprint density at radius 3 is 2.56 bits per heavy atom. The van der Waals surface area contributed by atoms with Crippen molar-refractivity contribution >= 4 is 34.8 Å². The summed E-state index contributed by atoms with van der Waals surface area (Å²) in [6, 6.07) is 15.0. The molecule has 1 aliphatic heterocycles. The number of amides is 1. The molecule has 2 atom stereocenters. The smallest absolute Gasteiger partial charge is 0.342 e. The predicted octanol–water partition coefficient (Wildman–Crippen LogP) is 4.93. The number of H-pyrrole nitrogens is 1. The molecule has 0 saturated carbocycles. The summed E-state index contributed by atoms with van der Waals surface area (Å²) >= 11 is 0. The molecule has 2 heterocycles. The van der Waals surface area contributed by atoms with Gasteiger partial charge in [0.15, 0.2) is 0 Å². The number of aromatic hydroxyl groups is 2. The average molecular weight is 684 g/mol. The Hall–Kier alpha value is -5.65. The van der Waals surface area contributed by atoms with Crippen molar-refractivity contribution < 1.29 is 34.1 Å². The van der Waals surface area contributed by atoms with Gasteiger partial charge in [-0.25, -0.2) is 4.79 Å². The minimum absolute atomic E-state index is 0.00424. The highest BCUT2D eigenvalue weighted by atomic mass is 16.5. The molecule has 12 heteroatoms. The zero-order valence-corrected chi connectivity index (χ0v) is 28.1. The number of Topliss-reactive ketones (excluding diaryl/α,β-unsaturated/α-hetero) is 1. The molecule has 4 N–H and O–H groups in total. The van der Waals surface area contributed by atoms with Crippen LogP contribution in [-0.4, -0.2) is 57.2 Å². The SMILES string of the molecule is COc1ccc(C(CC(=O)NCCn2c(=O)c(=O)[nH]c3ccccc32)c2c(O)cc3c(c2O)C(=O)OC(C)CCCC(=O)CCCC=C3)cc1. The van der Waals surface area contributed by atoms with Gasteiger partial charge in [-0.05, 0) is 74.1 Å². The summed E-state index contributed by atoms with van der Waals surface area (Å²) in [6.45, 7) is 1.74. The Balaban J connectivity index is 1.48. The van der Waals surface area contributed by atoms with E-state index in [4.69, 9.17) is 9.47 Å². The number of ketones is 1. The van der Waals surface area contributed by atoms with Crippen LogP contribution in [0.15, 0.2) is 70.3 Å². The van der Waals surface area contributed by atoms with Crippen molar-refractivity contribution in [3.8, 4) is 17.2 Å². The maximum atomic E-state index is 13.6. The van der Waals surface area contributed by atoms with Gasteiger partial charge in [-0.15, -0.1) is 0 Å². The van der Waals surface area contributed by atoms with E-state index in [0.717, 1.165) is 0 Å². The summed E-state index contributed by atoms with van der Waals surface area (Å²) < 4.78 is 12.3. The number of rotatable bonds is 8. The number of phenols is 2. The minimum atomic E-state index is -0.928. The molecule has 262 valence electrons. The first kappa shape index (κ1) is 35.7. The second-order valence-corrected chi connectivity index (χ2v) is 12.4. The molecular formula is C38H41N3O9. The molecule has 1 aromatic heterocycles. The van der Waals surface area contributed by atoms with Gasteiger partial charge in [-0.1, -0.05) is 36.4 Å². The van der Waals surface area contributed by atoms with Crippen LogP contribution >= 0.6 is 0 Å². The number of allylic oxidation sites excluding steroid dienone is 1. The molecule has 4 aromatic rings. The molecule has 0 saturated heterocycles. The number of hydrogen-bond donors (Lipinski definition) is 4. The molecule has 3 aromatic carbocycles. The van der Waals surface area contributed by atoms with E-state index in [1.807, 2.05) is 0 Å². The van der Waals surface area contributed by atoms with Crippen molar-refractivity contribution in [2.45, 2.75) is 70.4 Å². The largest absolute Gasteiger partial charge is 0.507 e. The Morgan fingerprint density at radius 2 is 1.80 bits per heavy atom. The van der Waals surface area contributed by atoms with Gasteiger partial charge in [0.25, 0.3) is 0 Å². The Morgan fingerprint density at radius 1 is 1.06 bits per heavy atom. The highest BCUT2D eigenvalue weighted by Crippen LogP contribution is 2.44. The quantitative estimate of drug-likeness (QED) is 0.148. The molecule has 1 amide bonds. The number of ether oxygens (including phenoxy) is 2. The topological polar surface area (TPSA) is 177 Å². The van der Waals surface area contributed by atoms with E-state index in [9.17, 15) is 34.2 Å².